The summed E-state index contributed by atoms with van der Waals surface area (Å²) in [6.07, 6.45) is 1.91. The zero-order valence-corrected chi connectivity index (χ0v) is 18.5. The molecule has 0 aliphatic carbocycles. The molecule has 2 aliphatic heterocycles. The topological polar surface area (TPSA) is 76.1 Å². The quantitative estimate of drug-likeness (QED) is 0.545. The summed E-state index contributed by atoms with van der Waals surface area (Å²) in [6, 6.07) is 12.3. The molecule has 0 bridgehead atoms. The molecular weight excluding hydrogens is 450 g/mol. The van der Waals surface area contributed by atoms with Crippen LogP contribution in [0, 0.1) is 0 Å². The van der Waals surface area contributed by atoms with Gasteiger partial charge in [0.1, 0.15) is 5.75 Å². The van der Waals surface area contributed by atoms with Gasteiger partial charge in [0.15, 0.2) is 0 Å². The number of para-hydroxylation sites is 1. The molecule has 0 saturated carbocycles. The molecule has 0 radical (unpaired) electrons. The van der Waals surface area contributed by atoms with Crippen molar-refractivity contribution in [3.8, 4) is 5.75 Å². The summed E-state index contributed by atoms with van der Waals surface area (Å²) in [5, 5.41) is 12.0. The third-order valence-corrected chi connectivity index (χ3v) is 6.17. The molecule has 2 aromatic rings. The maximum absolute atomic E-state index is 13.7. The van der Waals surface area contributed by atoms with Crippen LogP contribution in [0.4, 0.5) is 5.69 Å². The molecule has 0 saturated heterocycles. The van der Waals surface area contributed by atoms with Gasteiger partial charge in [0.05, 0.1) is 12.8 Å². The van der Waals surface area contributed by atoms with Crippen LogP contribution < -0.4 is 9.64 Å². The van der Waals surface area contributed by atoms with E-state index in [1.165, 1.54) is 12.0 Å². The van der Waals surface area contributed by atoms with Gasteiger partial charge in [0, 0.05) is 23.0 Å². The summed E-state index contributed by atoms with van der Waals surface area (Å²) in [7, 11) is 1.22. The fourth-order valence-corrected chi connectivity index (χ4v) is 4.52. The van der Waals surface area contributed by atoms with E-state index in [1.54, 1.807) is 30.3 Å². The normalized spacial score (nSPS) is 24.2. The van der Waals surface area contributed by atoms with Crippen molar-refractivity contribution < 1.29 is 24.2 Å². The third-order valence-electron chi connectivity index (χ3n) is 5.67. The van der Waals surface area contributed by atoms with Gasteiger partial charge in [-0.15, -0.1) is 0 Å². The van der Waals surface area contributed by atoms with Crippen LogP contribution in [0.15, 0.2) is 58.6 Å². The van der Waals surface area contributed by atoms with Crippen LogP contribution in [0.5, 0.6) is 5.75 Å². The number of allylic oxidation sites excluding steroid dienone is 1. The molecule has 2 heterocycles. The van der Waals surface area contributed by atoms with Gasteiger partial charge in [0.2, 0.25) is 5.60 Å². The van der Waals surface area contributed by atoms with Crippen LogP contribution in [0.3, 0.4) is 0 Å². The standard InChI is InChI=1S/C23H22BrNO5/c1-14(2)10-11-25-18-12-16(24)8-9-17(18)23(28,20(25)26)22(21(27)29-3)13-15-6-4-5-7-19(15)30-22/h4-10,12,28H,11,13H2,1-3H3/t22-,23+/m0/s1. The van der Waals surface area contributed by atoms with Crippen LogP contribution in [0.25, 0.3) is 0 Å². The van der Waals surface area contributed by atoms with Crippen LogP contribution in [0.1, 0.15) is 25.0 Å². The highest BCUT2D eigenvalue weighted by Gasteiger charge is 2.71. The van der Waals surface area contributed by atoms with E-state index in [2.05, 4.69) is 15.9 Å². The first-order chi connectivity index (χ1) is 14.2. The number of ether oxygens (including phenoxy) is 2. The number of carbonyl (C=O) groups excluding carboxylic acids is 2. The number of amides is 1. The van der Waals surface area contributed by atoms with Crippen LogP contribution in [0.2, 0.25) is 0 Å². The molecule has 1 amide bonds. The van der Waals surface area contributed by atoms with Crippen molar-refractivity contribution in [1.82, 2.24) is 0 Å². The van der Waals surface area contributed by atoms with Gasteiger partial charge in [-0.1, -0.05) is 51.8 Å². The first-order valence-corrected chi connectivity index (χ1v) is 10.4. The summed E-state index contributed by atoms with van der Waals surface area (Å²) >= 11 is 3.43. The predicted molar refractivity (Wildman–Crippen MR) is 115 cm³/mol. The summed E-state index contributed by atoms with van der Waals surface area (Å²) in [5.74, 6) is -0.968. The minimum Gasteiger partial charge on any atom is -0.471 e. The summed E-state index contributed by atoms with van der Waals surface area (Å²) in [5.41, 5.74) is -1.57. The number of fused-ring (bicyclic) bond motifs is 2. The number of anilines is 1. The van der Waals surface area contributed by atoms with Crippen molar-refractivity contribution >= 4 is 33.5 Å². The molecule has 1 N–H and O–H groups in total. The molecule has 7 heteroatoms. The molecule has 30 heavy (non-hydrogen) atoms. The number of benzene rings is 2. The molecule has 2 aliphatic rings. The molecule has 156 valence electrons. The number of nitrogens with zero attached hydrogens (tertiary/aromatic N) is 1. The van der Waals surface area contributed by atoms with Gasteiger partial charge in [-0.3, -0.25) is 4.79 Å². The van der Waals surface area contributed by atoms with Gasteiger partial charge in [-0.2, -0.15) is 0 Å². The number of hydrogen-bond acceptors (Lipinski definition) is 5. The maximum Gasteiger partial charge on any atom is 0.354 e. The minimum absolute atomic E-state index is 0.0179. The summed E-state index contributed by atoms with van der Waals surface area (Å²) in [4.78, 5) is 28.3. The number of carbonyl (C=O) groups is 2. The van der Waals surface area contributed by atoms with Gasteiger partial charge in [-0.05, 0) is 37.6 Å². The average molecular weight is 472 g/mol. The lowest BCUT2D eigenvalue weighted by Gasteiger charge is -2.38. The highest BCUT2D eigenvalue weighted by atomic mass is 79.9. The molecule has 2 atom stereocenters. The van der Waals surface area contributed by atoms with Gasteiger partial charge < -0.3 is 19.5 Å². The Labute approximate surface area is 183 Å². The number of esters is 1. The second-order valence-corrected chi connectivity index (χ2v) is 8.69. The van der Waals surface area contributed by atoms with Crippen molar-refractivity contribution in [2.75, 3.05) is 18.6 Å². The molecule has 0 fully saturated rings. The molecule has 2 aromatic carbocycles. The number of rotatable bonds is 4. The number of methoxy groups -OCH3 is 1. The number of aliphatic hydroxyl groups is 1. The minimum atomic E-state index is -2.25. The Hall–Kier alpha value is -2.64. The van der Waals surface area contributed by atoms with Crippen molar-refractivity contribution in [3.05, 3.63) is 69.7 Å². The summed E-state index contributed by atoms with van der Waals surface area (Å²) in [6.45, 7) is 4.12. The van der Waals surface area contributed by atoms with Crippen molar-refractivity contribution in [2.45, 2.75) is 31.5 Å². The van der Waals surface area contributed by atoms with Crippen molar-refractivity contribution in [3.63, 3.8) is 0 Å². The zero-order chi connectivity index (χ0) is 21.7. The lowest BCUT2D eigenvalue weighted by Crippen LogP contribution is -2.65. The SMILES string of the molecule is COC(=O)[C@]1([C@]2(O)C(=O)N(CC=C(C)C)c3cc(Br)ccc32)Cc2ccccc2O1. The molecular formula is C23H22BrNO5. The monoisotopic (exact) mass is 471 g/mol. The van der Waals surface area contributed by atoms with E-state index in [4.69, 9.17) is 9.47 Å². The lowest BCUT2D eigenvalue weighted by atomic mass is 9.75. The Balaban J connectivity index is 1.93. The van der Waals surface area contributed by atoms with E-state index >= 15 is 0 Å². The first kappa shape index (κ1) is 20.6. The Kier molecular flexibility index (Phi) is 4.98. The van der Waals surface area contributed by atoms with E-state index < -0.39 is 23.1 Å². The Morgan fingerprint density at radius 1 is 1.30 bits per heavy atom. The molecule has 0 spiro atoms. The largest absolute Gasteiger partial charge is 0.471 e. The van der Waals surface area contributed by atoms with Crippen LogP contribution in [-0.4, -0.2) is 36.2 Å². The fourth-order valence-electron chi connectivity index (χ4n) is 4.17. The Morgan fingerprint density at radius 3 is 2.70 bits per heavy atom. The predicted octanol–water partition coefficient (Wildman–Crippen LogP) is 3.50. The smallest absolute Gasteiger partial charge is 0.354 e. The van der Waals surface area contributed by atoms with Gasteiger partial charge >= 0.3 is 5.97 Å². The number of halogens is 1. The highest BCUT2D eigenvalue weighted by molar-refractivity contribution is 9.10. The second-order valence-electron chi connectivity index (χ2n) is 7.77. The Morgan fingerprint density at radius 2 is 2.03 bits per heavy atom. The molecule has 0 aromatic heterocycles. The van der Waals surface area contributed by atoms with E-state index in [-0.39, 0.29) is 13.0 Å². The van der Waals surface area contributed by atoms with Crippen molar-refractivity contribution in [1.29, 1.82) is 0 Å². The van der Waals surface area contributed by atoms with E-state index in [1.807, 2.05) is 32.1 Å². The van der Waals surface area contributed by atoms with Crippen molar-refractivity contribution in [2.24, 2.45) is 0 Å². The number of hydrogen-bond donors (Lipinski definition) is 1. The van der Waals surface area contributed by atoms with Gasteiger partial charge in [0.25, 0.3) is 11.5 Å². The second kappa shape index (κ2) is 7.25. The molecule has 4 rings (SSSR count). The zero-order valence-electron chi connectivity index (χ0n) is 16.9. The summed E-state index contributed by atoms with van der Waals surface area (Å²) < 4.78 is 11.9. The van der Waals surface area contributed by atoms with E-state index in [0.717, 1.165) is 15.6 Å². The third kappa shape index (κ3) is 2.80. The highest BCUT2D eigenvalue weighted by Crippen LogP contribution is 2.53. The van der Waals surface area contributed by atoms with E-state index in [9.17, 15) is 14.7 Å². The van der Waals surface area contributed by atoms with Crippen LogP contribution >= 0.6 is 15.9 Å². The lowest BCUT2D eigenvalue weighted by molar-refractivity contribution is -0.190. The average Bonchev–Trinajstić information content (AvgIpc) is 3.22. The van der Waals surface area contributed by atoms with E-state index in [0.29, 0.717) is 17.0 Å². The van der Waals surface area contributed by atoms with Gasteiger partial charge in [-0.25, -0.2) is 4.79 Å². The molecule has 6 nitrogen and oxygen atoms in total. The first-order valence-electron chi connectivity index (χ1n) is 9.57. The Bertz CT molecular complexity index is 1050. The maximum atomic E-state index is 13.7. The molecule has 0 unspecified atom stereocenters. The fraction of sp³-hybridized carbons (Fsp3) is 0.304. The van der Waals surface area contributed by atoms with Crippen LogP contribution in [-0.2, 0) is 26.3 Å².